The van der Waals surface area contributed by atoms with E-state index < -0.39 is 0 Å². The molecule has 0 N–H and O–H groups in total. The van der Waals surface area contributed by atoms with Crippen molar-refractivity contribution in [3.05, 3.63) is 29.8 Å². The van der Waals surface area contributed by atoms with E-state index >= 15 is 0 Å². The molecule has 0 aliphatic heterocycles. The molecule has 0 saturated carbocycles. The minimum Gasteiger partial charge on any atom is -0.466 e. The van der Waals surface area contributed by atoms with Crippen LogP contribution in [0.3, 0.4) is 0 Å². The van der Waals surface area contributed by atoms with Crippen LogP contribution in [0, 0.1) is 0 Å². The Morgan fingerprint density at radius 3 is 2.28 bits per heavy atom. The van der Waals surface area contributed by atoms with Crippen LogP contribution in [0.1, 0.15) is 77.2 Å². The average Bonchev–Trinajstić information content (AvgIpc) is 2.60. The van der Waals surface area contributed by atoms with Gasteiger partial charge in [-0.05, 0) is 37.3 Å². The number of carbonyl (C=O) groups is 2. The van der Waals surface area contributed by atoms with Crippen LogP contribution in [0.5, 0.6) is 5.75 Å². The summed E-state index contributed by atoms with van der Waals surface area (Å²) in [5, 5.41) is 0. The number of carbonyl (C=O) groups excluding carboxylic acids is 2. The monoisotopic (exact) mass is 348 g/mol. The second-order valence-electron chi connectivity index (χ2n) is 6.32. The van der Waals surface area contributed by atoms with Gasteiger partial charge in [0.15, 0.2) is 0 Å². The number of hydrogen-bond donors (Lipinski definition) is 0. The fraction of sp³-hybridized carbons (Fsp3) is 0.619. The first-order valence-electron chi connectivity index (χ1n) is 9.61. The van der Waals surface area contributed by atoms with Crippen molar-refractivity contribution in [3.8, 4) is 5.75 Å². The molecule has 0 spiro atoms. The van der Waals surface area contributed by atoms with Crippen LogP contribution in [0.25, 0.3) is 0 Å². The zero-order valence-electron chi connectivity index (χ0n) is 15.7. The molecule has 1 aromatic rings. The average molecular weight is 348 g/mol. The quantitative estimate of drug-likeness (QED) is 0.278. The van der Waals surface area contributed by atoms with Crippen molar-refractivity contribution < 1.29 is 19.1 Å². The summed E-state index contributed by atoms with van der Waals surface area (Å²) in [5.41, 5.74) is 1.06. The lowest BCUT2D eigenvalue weighted by Crippen LogP contribution is -2.10. The van der Waals surface area contributed by atoms with Crippen LogP contribution < -0.4 is 4.74 Å². The third-order valence-electron chi connectivity index (χ3n) is 3.99. The van der Waals surface area contributed by atoms with Crippen LogP contribution in [0.4, 0.5) is 0 Å². The van der Waals surface area contributed by atoms with E-state index in [1.165, 1.54) is 12.8 Å². The fourth-order valence-electron chi connectivity index (χ4n) is 2.58. The SMILES string of the molecule is CCCCCCOC(=O)CCCCC(=O)Oc1ccccc1CCC. The highest BCUT2D eigenvalue weighted by molar-refractivity contribution is 5.73. The van der Waals surface area contributed by atoms with Gasteiger partial charge in [-0.15, -0.1) is 0 Å². The Kier molecular flexibility index (Phi) is 11.4. The van der Waals surface area contributed by atoms with E-state index in [2.05, 4.69) is 13.8 Å². The van der Waals surface area contributed by atoms with Gasteiger partial charge in [0.25, 0.3) is 0 Å². The van der Waals surface area contributed by atoms with Crippen LogP contribution in [-0.2, 0) is 20.7 Å². The number of benzene rings is 1. The molecule has 0 saturated heterocycles. The van der Waals surface area contributed by atoms with Crippen LogP contribution >= 0.6 is 0 Å². The lowest BCUT2D eigenvalue weighted by Gasteiger charge is -2.09. The Morgan fingerprint density at radius 2 is 1.56 bits per heavy atom. The zero-order chi connectivity index (χ0) is 18.3. The van der Waals surface area contributed by atoms with Crippen molar-refractivity contribution in [3.63, 3.8) is 0 Å². The van der Waals surface area contributed by atoms with Crippen LogP contribution in [0.2, 0.25) is 0 Å². The van der Waals surface area contributed by atoms with Crippen molar-refractivity contribution in [2.45, 2.75) is 78.1 Å². The Hall–Kier alpha value is -1.84. The zero-order valence-corrected chi connectivity index (χ0v) is 15.7. The van der Waals surface area contributed by atoms with E-state index in [1.807, 2.05) is 24.3 Å². The molecule has 0 heterocycles. The van der Waals surface area contributed by atoms with Crippen LogP contribution in [-0.4, -0.2) is 18.5 Å². The van der Waals surface area contributed by atoms with Gasteiger partial charge < -0.3 is 9.47 Å². The third kappa shape index (κ3) is 9.90. The third-order valence-corrected chi connectivity index (χ3v) is 3.99. The highest BCUT2D eigenvalue weighted by atomic mass is 16.5. The van der Waals surface area contributed by atoms with Gasteiger partial charge in [0.05, 0.1) is 6.61 Å². The summed E-state index contributed by atoms with van der Waals surface area (Å²) < 4.78 is 10.6. The largest absolute Gasteiger partial charge is 0.466 e. The summed E-state index contributed by atoms with van der Waals surface area (Å²) in [5.74, 6) is 0.246. The highest BCUT2D eigenvalue weighted by Crippen LogP contribution is 2.20. The number of rotatable bonds is 13. The predicted octanol–water partition coefficient (Wildman–Crippen LogP) is 5.23. The van der Waals surface area contributed by atoms with E-state index in [0.29, 0.717) is 38.0 Å². The second kappa shape index (κ2) is 13.5. The van der Waals surface area contributed by atoms with E-state index in [4.69, 9.17) is 9.47 Å². The van der Waals surface area contributed by atoms with Gasteiger partial charge >= 0.3 is 11.9 Å². The molecule has 25 heavy (non-hydrogen) atoms. The fourth-order valence-corrected chi connectivity index (χ4v) is 2.58. The number of ether oxygens (including phenoxy) is 2. The van der Waals surface area contributed by atoms with Crippen molar-refractivity contribution in [2.75, 3.05) is 6.61 Å². The minimum atomic E-state index is -0.239. The lowest BCUT2D eigenvalue weighted by molar-refractivity contribution is -0.144. The van der Waals surface area contributed by atoms with Gasteiger partial charge in [-0.3, -0.25) is 9.59 Å². The molecule has 0 radical (unpaired) electrons. The van der Waals surface area contributed by atoms with Gasteiger partial charge in [-0.1, -0.05) is 57.7 Å². The molecular weight excluding hydrogens is 316 g/mol. The topological polar surface area (TPSA) is 52.6 Å². The predicted molar refractivity (Wildman–Crippen MR) is 99.6 cm³/mol. The van der Waals surface area contributed by atoms with Crippen molar-refractivity contribution >= 4 is 11.9 Å². The number of esters is 2. The molecule has 0 amide bonds. The molecule has 4 heteroatoms. The maximum atomic E-state index is 11.9. The first-order chi connectivity index (χ1) is 12.2. The second-order valence-corrected chi connectivity index (χ2v) is 6.32. The van der Waals surface area contributed by atoms with E-state index in [0.717, 1.165) is 31.2 Å². The molecule has 140 valence electrons. The van der Waals surface area contributed by atoms with Gasteiger partial charge in [0, 0.05) is 12.8 Å². The summed E-state index contributed by atoms with van der Waals surface area (Å²) in [6.45, 7) is 4.76. The molecule has 4 nitrogen and oxygen atoms in total. The molecule has 0 fully saturated rings. The molecule has 0 aliphatic carbocycles. The van der Waals surface area contributed by atoms with Gasteiger partial charge in [0.1, 0.15) is 5.75 Å². The van der Waals surface area contributed by atoms with Gasteiger partial charge in [-0.25, -0.2) is 0 Å². The summed E-state index contributed by atoms with van der Waals surface area (Å²) in [6.07, 6.45) is 8.28. The maximum Gasteiger partial charge on any atom is 0.311 e. The smallest absolute Gasteiger partial charge is 0.311 e. The number of unbranched alkanes of at least 4 members (excludes halogenated alkanes) is 4. The first kappa shape index (κ1) is 21.2. The Bertz CT molecular complexity index is 510. The van der Waals surface area contributed by atoms with Crippen molar-refractivity contribution in [1.82, 2.24) is 0 Å². The number of aryl methyl sites for hydroxylation is 1. The first-order valence-corrected chi connectivity index (χ1v) is 9.61. The van der Waals surface area contributed by atoms with Crippen molar-refractivity contribution in [1.29, 1.82) is 0 Å². The van der Waals surface area contributed by atoms with Crippen LogP contribution in [0.15, 0.2) is 24.3 Å². The van der Waals surface area contributed by atoms with E-state index in [9.17, 15) is 9.59 Å². The Morgan fingerprint density at radius 1 is 0.840 bits per heavy atom. The standard InChI is InChI=1S/C21H32O4/c1-3-5-6-11-17-24-20(22)15-9-10-16-21(23)25-19-14-8-7-13-18(19)12-4-2/h7-8,13-14H,3-6,9-12,15-17H2,1-2H3. The molecule has 0 aromatic heterocycles. The van der Waals surface area contributed by atoms with Gasteiger partial charge in [0.2, 0.25) is 0 Å². The molecule has 0 unspecified atom stereocenters. The lowest BCUT2D eigenvalue weighted by atomic mass is 10.1. The summed E-state index contributed by atoms with van der Waals surface area (Å²) in [4.78, 5) is 23.5. The van der Waals surface area contributed by atoms with Gasteiger partial charge in [-0.2, -0.15) is 0 Å². The summed E-state index contributed by atoms with van der Waals surface area (Å²) in [7, 11) is 0. The molecule has 0 aliphatic rings. The molecule has 0 atom stereocenters. The summed E-state index contributed by atoms with van der Waals surface area (Å²) >= 11 is 0. The molecular formula is C21H32O4. The molecule has 0 bridgehead atoms. The van der Waals surface area contributed by atoms with E-state index in [-0.39, 0.29) is 11.9 Å². The Balaban J connectivity index is 2.15. The molecule has 1 rings (SSSR count). The highest BCUT2D eigenvalue weighted by Gasteiger charge is 2.09. The maximum absolute atomic E-state index is 11.9. The minimum absolute atomic E-state index is 0.168. The summed E-state index contributed by atoms with van der Waals surface area (Å²) in [6, 6.07) is 7.65. The van der Waals surface area contributed by atoms with Crippen molar-refractivity contribution in [2.24, 2.45) is 0 Å². The number of hydrogen-bond acceptors (Lipinski definition) is 4. The number of para-hydroxylation sites is 1. The Labute approximate surface area is 151 Å². The normalized spacial score (nSPS) is 10.5. The van der Waals surface area contributed by atoms with E-state index in [1.54, 1.807) is 0 Å². The molecule has 1 aromatic carbocycles.